The van der Waals surface area contributed by atoms with Crippen molar-refractivity contribution >= 4 is 49.8 Å². The Balaban J connectivity index is 1.49. The maximum Gasteiger partial charge on any atom is 0.270 e. The van der Waals surface area contributed by atoms with E-state index in [0.29, 0.717) is 41.0 Å². The van der Waals surface area contributed by atoms with Gasteiger partial charge in [0.05, 0.1) is 12.7 Å². The van der Waals surface area contributed by atoms with Gasteiger partial charge in [-0.1, -0.05) is 22.0 Å². The fourth-order valence-electron chi connectivity index (χ4n) is 5.09. The van der Waals surface area contributed by atoms with Crippen molar-refractivity contribution in [3.63, 3.8) is 0 Å². The number of fused-ring (bicyclic) bond motifs is 4. The number of piperidine rings is 1. The van der Waals surface area contributed by atoms with Crippen LogP contribution >= 0.6 is 31.9 Å². The van der Waals surface area contributed by atoms with Crippen LogP contribution in [0.4, 0.5) is 0 Å². The molecule has 190 valence electrons. The fourth-order valence-corrected chi connectivity index (χ4v) is 5.83. The van der Waals surface area contributed by atoms with Crippen molar-refractivity contribution in [3.8, 4) is 5.75 Å². The first kappa shape index (κ1) is 25.4. The van der Waals surface area contributed by atoms with Gasteiger partial charge in [-0.2, -0.15) is 0 Å². The molecule has 1 saturated heterocycles. The minimum absolute atomic E-state index is 0.00999. The topological polar surface area (TPSA) is 93.5 Å². The molecule has 2 aliphatic rings. The average Bonchev–Trinajstić information content (AvgIpc) is 2.88. The average molecular weight is 628 g/mol. The number of nitrogens with zero attached hydrogens (tertiary/aromatic N) is 3. The van der Waals surface area contributed by atoms with E-state index < -0.39 is 5.91 Å². The monoisotopic (exact) mass is 626 g/mol. The van der Waals surface area contributed by atoms with Crippen molar-refractivity contribution in [1.29, 1.82) is 0 Å². The SMILES string of the molecule is COc1ccc(Br)cc1/C=C(\NC(=O)c1cncc(Br)c1)C(=O)N1C[C@H]2C[C@@H](C1)c1cccc(=O)n1C2. The largest absolute Gasteiger partial charge is 0.496 e. The molecule has 2 amide bonds. The predicted molar refractivity (Wildman–Crippen MR) is 146 cm³/mol. The Morgan fingerprint density at radius 2 is 1.92 bits per heavy atom. The lowest BCUT2D eigenvalue weighted by Crippen LogP contribution is -2.50. The molecule has 0 saturated carbocycles. The Morgan fingerprint density at radius 1 is 1.08 bits per heavy atom. The smallest absolute Gasteiger partial charge is 0.270 e. The first-order chi connectivity index (χ1) is 17.8. The van der Waals surface area contributed by atoms with Crippen LogP contribution in [0.15, 0.2) is 74.3 Å². The highest BCUT2D eigenvalue weighted by Gasteiger charge is 2.37. The number of carbonyl (C=O) groups excluding carboxylic acids is 2. The zero-order chi connectivity index (χ0) is 26.1. The third-order valence-electron chi connectivity index (χ3n) is 6.70. The van der Waals surface area contributed by atoms with Gasteiger partial charge < -0.3 is 19.5 Å². The zero-order valence-electron chi connectivity index (χ0n) is 20.0. The molecule has 0 radical (unpaired) electrons. The molecule has 5 rings (SSSR count). The Labute approximate surface area is 230 Å². The molecule has 37 heavy (non-hydrogen) atoms. The van der Waals surface area contributed by atoms with Crippen molar-refractivity contribution in [1.82, 2.24) is 19.8 Å². The minimum atomic E-state index is -0.448. The number of rotatable bonds is 5. The van der Waals surface area contributed by atoms with Crippen LogP contribution in [0.2, 0.25) is 0 Å². The number of hydrogen-bond donors (Lipinski definition) is 1. The molecule has 0 unspecified atom stereocenters. The summed E-state index contributed by atoms with van der Waals surface area (Å²) in [5.41, 5.74) is 2.03. The van der Waals surface area contributed by atoms with Gasteiger partial charge in [0.2, 0.25) is 0 Å². The maximum atomic E-state index is 13.9. The van der Waals surface area contributed by atoms with Crippen LogP contribution in [0, 0.1) is 5.92 Å². The standard InChI is InChI=1S/C27H24Br2N4O4/c1-37-24-6-5-20(28)8-17(24)10-22(31-26(35)18-9-21(29)12-30-11-18)27(36)32-13-16-7-19(15-32)23-3-2-4-25(34)33(23)14-16/h2-6,8-12,16,19H,7,13-15H2,1H3,(H,31,35)/b22-10-/t16-,19+/m1/s1. The third-order valence-corrected chi connectivity index (χ3v) is 7.63. The lowest BCUT2D eigenvalue weighted by atomic mass is 9.83. The van der Waals surface area contributed by atoms with Crippen LogP contribution in [-0.4, -0.2) is 46.5 Å². The second kappa shape index (κ2) is 10.6. The molecule has 1 aromatic carbocycles. The Hall–Kier alpha value is -3.24. The van der Waals surface area contributed by atoms with Crippen LogP contribution in [0.3, 0.4) is 0 Å². The number of amides is 2. The lowest BCUT2D eigenvalue weighted by Gasteiger charge is -2.43. The first-order valence-corrected chi connectivity index (χ1v) is 13.4. The van der Waals surface area contributed by atoms with E-state index >= 15 is 0 Å². The molecule has 10 heteroatoms. The van der Waals surface area contributed by atoms with E-state index in [1.54, 1.807) is 48.5 Å². The highest BCUT2D eigenvalue weighted by atomic mass is 79.9. The van der Waals surface area contributed by atoms with E-state index in [2.05, 4.69) is 42.2 Å². The number of likely N-dealkylation sites (tertiary alicyclic amines) is 1. The number of methoxy groups -OCH3 is 1. The predicted octanol–water partition coefficient (Wildman–Crippen LogP) is 4.19. The van der Waals surface area contributed by atoms with E-state index in [9.17, 15) is 14.4 Å². The van der Waals surface area contributed by atoms with Gasteiger partial charge in [0, 0.05) is 64.2 Å². The summed E-state index contributed by atoms with van der Waals surface area (Å²) in [4.78, 5) is 45.3. The normalized spacial score (nSPS) is 18.7. The van der Waals surface area contributed by atoms with Crippen molar-refractivity contribution in [2.75, 3.05) is 20.2 Å². The highest BCUT2D eigenvalue weighted by molar-refractivity contribution is 9.10. The van der Waals surface area contributed by atoms with E-state index in [1.165, 1.54) is 6.20 Å². The summed E-state index contributed by atoms with van der Waals surface area (Å²) >= 11 is 6.81. The van der Waals surface area contributed by atoms with E-state index in [-0.39, 0.29) is 29.0 Å². The summed E-state index contributed by atoms with van der Waals surface area (Å²) in [5.74, 6) is 0.0332. The summed E-state index contributed by atoms with van der Waals surface area (Å²) in [6.45, 7) is 1.53. The van der Waals surface area contributed by atoms with Crippen molar-refractivity contribution in [2.24, 2.45) is 5.92 Å². The van der Waals surface area contributed by atoms with Gasteiger partial charge in [-0.3, -0.25) is 19.4 Å². The van der Waals surface area contributed by atoms with Crippen LogP contribution in [0.25, 0.3) is 6.08 Å². The zero-order valence-corrected chi connectivity index (χ0v) is 23.2. The highest BCUT2D eigenvalue weighted by Crippen LogP contribution is 2.35. The summed E-state index contributed by atoms with van der Waals surface area (Å²) in [5, 5.41) is 2.81. The number of aromatic nitrogens is 2. The molecule has 4 heterocycles. The molecule has 3 aromatic rings. The summed E-state index contributed by atoms with van der Waals surface area (Å²) in [6.07, 6.45) is 5.59. The van der Waals surface area contributed by atoms with E-state index in [1.807, 2.05) is 22.8 Å². The molecule has 0 spiro atoms. The van der Waals surface area contributed by atoms with E-state index in [0.717, 1.165) is 16.6 Å². The third kappa shape index (κ3) is 5.40. The number of benzene rings is 1. The van der Waals surface area contributed by atoms with Crippen molar-refractivity contribution in [2.45, 2.75) is 18.9 Å². The Kier molecular flexibility index (Phi) is 7.30. The van der Waals surface area contributed by atoms with Gasteiger partial charge in [0.25, 0.3) is 17.4 Å². The molecule has 1 N–H and O–H groups in total. The molecule has 2 bridgehead atoms. The summed E-state index contributed by atoms with van der Waals surface area (Å²) in [6, 6.07) is 12.4. The van der Waals surface area contributed by atoms with Gasteiger partial charge in [0.1, 0.15) is 11.4 Å². The Morgan fingerprint density at radius 3 is 2.70 bits per heavy atom. The maximum absolute atomic E-state index is 13.9. The van der Waals surface area contributed by atoms with E-state index in [4.69, 9.17) is 4.74 Å². The number of halogens is 2. The first-order valence-electron chi connectivity index (χ1n) is 11.8. The van der Waals surface area contributed by atoms with Gasteiger partial charge >= 0.3 is 0 Å². The van der Waals surface area contributed by atoms with Crippen LogP contribution < -0.4 is 15.6 Å². The number of ether oxygens (including phenoxy) is 1. The van der Waals surface area contributed by atoms with Crippen molar-refractivity contribution < 1.29 is 14.3 Å². The lowest BCUT2D eigenvalue weighted by molar-refractivity contribution is -0.130. The van der Waals surface area contributed by atoms with Crippen molar-refractivity contribution in [3.05, 3.63) is 96.7 Å². The molecule has 2 atom stereocenters. The second-order valence-corrected chi connectivity index (χ2v) is 11.0. The van der Waals surface area contributed by atoms with Gasteiger partial charge in [-0.15, -0.1) is 0 Å². The molecule has 0 aliphatic carbocycles. The van der Waals surface area contributed by atoms with Gasteiger partial charge in [-0.25, -0.2) is 0 Å². The Bertz CT molecular complexity index is 1470. The summed E-state index contributed by atoms with van der Waals surface area (Å²) < 4.78 is 8.78. The molecule has 2 aromatic heterocycles. The molecular weight excluding hydrogens is 604 g/mol. The minimum Gasteiger partial charge on any atom is -0.496 e. The molecule has 1 fully saturated rings. The second-order valence-electron chi connectivity index (χ2n) is 9.20. The molecule has 8 nitrogen and oxygen atoms in total. The molecular formula is C27H24Br2N4O4. The van der Waals surface area contributed by atoms with Crippen LogP contribution in [-0.2, 0) is 11.3 Å². The van der Waals surface area contributed by atoms with Gasteiger partial charge in [-0.05, 0) is 64.7 Å². The number of nitrogens with one attached hydrogen (secondary N) is 1. The van der Waals surface area contributed by atoms with Crippen LogP contribution in [0.5, 0.6) is 5.75 Å². The number of carbonyl (C=O) groups is 2. The van der Waals surface area contributed by atoms with Gasteiger partial charge in [0.15, 0.2) is 0 Å². The van der Waals surface area contributed by atoms with Crippen LogP contribution in [0.1, 0.15) is 34.0 Å². The quantitative estimate of drug-likeness (QED) is 0.428. The number of hydrogen-bond acceptors (Lipinski definition) is 5. The molecule has 2 aliphatic heterocycles. The fraction of sp³-hybridized carbons (Fsp3) is 0.259. The summed E-state index contributed by atoms with van der Waals surface area (Å²) in [7, 11) is 1.55. The number of pyridine rings is 2.